The van der Waals surface area contributed by atoms with Crippen LogP contribution in [-0.2, 0) is 24.3 Å². The lowest BCUT2D eigenvalue weighted by atomic mass is 10.2. The van der Waals surface area contributed by atoms with Gasteiger partial charge >= 0.3 is 0 Å². The smallest absolute Gasteiger partial charge is 0.220 e. The lowest BCUT2D eigenvalue weighted by Gasteiger charge is -2.08. The number of hydrogen-bond acceptors (Lipinski definition) is 5. The summed E-state index contributed by atoms with van der Waals surface area (Å²) in [5.41, 5.74) is 2.40. The summed E-state index contributed by atoms with van der Waals surface area (Å²) in [4.78, 5) is 12.2. The molecule has 0 bridgehead atoms. The molecule has 0 saturated heterocycles. The molecule has 0 radical (unpaired) electrons. The summed E-state index contributed by atoms with van der Waals surface area (Å²) in [6.07, 6.45) is 0.623. The van der Waals surface area contributed by atoms with Crippen molar-refractivity contribution in [1.82, 2.24) is 25.1 Å². The minimum absolute atomic E-state index is 0.130. The SMILES string of the molecule is O=C(CCc1nnc2ccc(NCc3ccccc3Cl)nn12)NCc1ccc(F)cc1. The van der Waals surface area contributed by atoms with Gasteiger partial charge in [-0.2, -0.15) is 4.52 Å². The molecule has 4 rings (SSSR count). The molecule has 158 valence electrons. The molecule has 2 aromatic carbocycles. The summed E-state index contributed by atoms with van der Waals surface area (Å²) in [5, 5.41) is 19.5. The normalized spacial score (nSPS) is 10.9. The van der Waals surface area contributed by atoms with Gasteiger partial charge in [-0.1, -0.05) is 41.9 Å². The summed E-state index contributed by atoms with van der Waals surface area (Å²) in [7, 11) is 0. The standard InChI is InChI=1S/C22H20ClFN6O/c23-18-4-2-1-3-16(18)14-25-19-9-10-20-27-28-21(30(20)29-19)11-12-22(31)26-13-15-5-7-17(24)8-6-15/h1-10H,11-14H2,(H,25,29)(H,26,31). The predicted octanol–water partition coefficient (Wildman–Crippen LogP) is 3.78. The van der Waals surface area contributed by atoms with Crippen LogP contribution in [0, 0.1) is 5.82 Å². The third-order valence-electron chi connectivity index (χ3n) is 4.72. The fourth-order valence-corrected chi connectivity index (χ4v) is 3.23. The van der Waals surface area contributed by atoms with E-state index in [1.165, 1.54) is 12.1 Å². The number of aryl methyl sites for hydroxylation is 1. The highest BCUT2D eigenvalue weighted by atomic mass is 35.5. The maximum Gasteiger partial charge on any atom is 0.220 e. The van der Waals surface area contributed by atoms with E-state index in [0.29, 0.717) is 41.8 Å². The number of amides is 1. The minimum Gasteiger partial charge on any atom is -0.364 e. The zero-order valence-electron chi connectivity index (χ0n) is 16.6. The fourth-order valence-electron chi connectivity index (χ4n) is 3.03. The number of fused-ring (bicyclic) bond motifs is 1. The first-order chi connectivity index (χ1) is 15.1. The molecular formula is C22H20ClFN6O. The Kier molecular flexibility index (Phi) is 6.37. The van der Waals surface area contributed by atoms with Crippen LogP contribution in [0.5, 0.6) is 0 Å². The van der Waals surface area contributed by atoms with Crippen molar-refractivity contribution in [1.29, 1.82) is 0 Å². The van der Waals surface area contributed by atoms with Crippen molar-refractivity contribution in [3.63, 3.8) is 0 Å². The quantitative estimate of drug-likeness (QED) is 0.437. The van der Waals surface area contributed by atoms with Gasteiger partial charge in [0.05, 0.1) is 0 Å². The van der Waals surface area contributed by atoms with E-state index < -0.39 is 0 Å². The second-order valence-electron chi connectivity index (χ2n) is 6.95. The maximum absolute atomic E-state index is 13.0. The second-order valence-corrected chi connectivity index (χ2v) is 7.36. The Morgan fingerprint density at radius 3 is 2.61 bits per heavy atom. The van der Waals surface area contributed by atoms with E-state index in [-0.39, 0.29) is 18.1 Å². The summed E-state index contributed by atoms with van der Waals surface area (Å²) < 4.78 is 14.6. The highest BCUT2D eigenvalue weighted by Gasteiger charge is 2.11. The van der Waals surface area contributed by atoms with Crippen molar-refractivity contribution >= 4 is 29.0 Å². The van der Waals surface area contributed by atoms with Crippen molar-refractivity contribution < 1.29 is 9.18 Å². The zero-order valence-corrected chi connectivity index (χ0v) is 17.3. The molecule has 0 atom stereocenters. The fraction of sp³-hybridized carbons (Fsp3) is 0.182. The van der Waals surface area contributed by atoms with E-state index in [4.69, 9.17) is 11.6 Å². The predicted molar refractivity (Wildman–Crippen MR) is 116 cm³/mol. The monoisotopic (exact) mass is 438 g/mol. The molecule has 0 spiro atoms. The van der Waals surface area contributed by atoms with Gasteiger partial charge in [-0.05, 0) is 41.5 Å². The van der Waals surface area contributed by atoms with Crippen LogP contribution < -0.4 is 10.6 Å². The molecule has 2 heterocycles. The first kappa shape index (κ1) is 20.7. The average Bonchev–Trinajstić information content (AvgIpc) is 3.19. The van der Waals surface area contributed by atoms with E-state index >= 15 is 0 Å². The second kappa shape index (κ2) is 9.53. The van der Waals surface area contributed by atoms with E-state index in [1.807, 2.05) is 36.4 Å². The van der Waals surface area contributed by atoms with Crippen molar-refractivity contribution in [3.05, 3.63) is 88.5 Å². The lowest BCUT2D eigenvalue weighted by Crippen LogP contribution is -2.23. The summed E-state index contributed by atoms with van der Waals surface area (Å²) >= 11 is 6.20. The van der Waals surface area contributed by atoms with Crippen LogP contribution in [-0.4, -0.2) is 25.7 Å². The van der Waals surface area contributed by atoms with Crippen molar-refractivity contribution in [2.75, 3.05) is 5.32 Å². The number of benzene rings is 2. The van der Waals surface area contributed by atoms with E-state index in [2.05, 4.69) is 25.9 Å². The number of nitrogens with one attached hydrogen (secondary N) is 2. The van der Waals surface area contributed by atoms with Crippen molar-refractivity contribution in [2.45, 2.75) is 25.9 Å². The first-order valence-corrected chi connectivity index (χ1v) is 10.2. The topological polar surface area (TPSA) is 84.2 Å². The number of halogens is 2. The van der Waals surface area contributed by atoms with Crippen LogP contribution in [0.3, 0.4) is 0 Å². The number of hydrogen-bond donors (Lipinski definition) is 2. The van der Waals surface area contributed by atoms with Crippen molar-refractivity contribution in [3.8, 4) is 0 Å². The zero-order chi connectivity index (χ0) is 21.6. The van der Waals surface area contributed by atoms with Gasteiger partial charge in [0.2, 0.25) is 5.91 Å². The van der Waals surface area contributed by atoms with Gasteiger partial charge < -0.3 is 10.6 Å². The van der Waals surface area contributed by atoms with Crippen LogP contribution in [0.15, 0.2) is 60.7 Å². The number of aromatic nitrogens is 4. The Labute approximate surface area is 183 Å². The molecule has 0 fully saturated rings. The number of rotatable bonds is 8. The molecule has 2 aromatic heterocycles. The van der Waals surface area contributed by atoms with Crippen molar-refractivity contribution in [2.24, 2.45) is 0 Å². The highest BCUT2D eigenvalue weighted by Crippen LogP contribution is 2.16. The molecule has 0 aliphatic rings. The molecule has 0 aliphatic heterocycles. The average molecular weight is 439 g/mol. The van der Waals surface area contributed by atoms with E-state index in [1.54, 1.807) is 16.6 Å². The molecule has 0 unspecified atom stereocenters. The first-order valence-electron chi connectivity index (χ1n) is 9.78. The molecule has 31 heavy (non-hydrogen) atoms. The van der Waals surface area contributed by atoms with Crippen LogP contribution in [0.4, 0.5) is 10.2 Å². The Balaban J connectivity index is 1.35. The van der Waals surface area contributed by atoms with Gasteiger partial charge in [-0.25, -0.2) is 4.39 Å². The van der Waals surface area contributed by atoms with Gasteiger partial charge in [0.15, 0.2) is 11.5 Å². The molecule has 7 nitrogen and oxygen atoms in total. The molecule has 2 N–H and O–H groups in total. The van der Waals surface area contributed by atoms with Gasteiger partial charge in [0.1, 0.15) is 11.6 Å². The maximum atomic E-state index is 13.0. The molecule has 4 aromatic rings. The summed E-state index contributed by atoms with van der Waals surface area (Å²) in [6.45, 7) is 0.871. The largest absolute Gasteiger partial charge is 0.364 e. The lowest BCUT2D eigenvalue weighted by molar-refractivity contribution is -0.121. The van der Waals surface area contributed by atoms with Gasteiger partial charge in [-0.15, -0.1) is 15.3 Å². The number of nitrogens with zero attached hydrogens (tertiary/aromatic N) is 4. The highest BCUT2D eigenvalue weighted by molar-refractivity contribution is 6.31. The Morgan fingerprint density at radius 1 is 1.00 bits per heavy atom. The van der Waals surface area contributed by atoms with Gasteiger partial charge in [-0.3, -0.25) is 4.79 Å². The number of carbonyl (C=O) groups excluding carboxylic acids is 1. The van der Waals surface area contributed by atoms with Crippen LogP contribution >= 0.6 is 11.6 Å². The molecule has 9 heteroatoms. The van der Waals surface area contributed by atoms with Gasteiger partial charge in [0.25, 0.3) is 0 Å². The van der Waals surface area contributed by atoms with Crippen LogP contribution in [0.2, 0.25) is 5.02 Å². The number of carbonyl (C=O) groups is 1. The molecule has 1 amide bonds. The Morgan fingerprint density at radius 2 is 1.81 bits per heavy atom. The molecule has 0 aliphatic carbocycles. The molecule has 0 saturated carbocycles. The third-order valence-corrected chi connectivity index (χ3v) is 5.09. The van der Waals surface area contributed by atoms with E-state index in [0.717, 1.165) is 11.1 Å². The van der Waals surface area contributed by atoms with Gasteiger partial charge in [0, 0.05) is 31.0 Å². The third kappa shape index (κ3) is 5.35. The van der Waals surface area contributed by atoms with Crippen LogP contribution in [0.1, 0.15) is 23.4 Å². The van der Waals surface area contributed by atoms with Crippen LogP contribution in [0.25, 0.3) is 5.65 Å². The molecular weight excluding hydrogens is 419 g/mol. The summed E-state index contributed by atoms with van der Waals surface area (Å²) in [5.74, 6) is 0.804. The Hall–Kier alpha value is -3.52. The van der Waals surface area contributed by atoms with E-state index in [9.17, 15) is 9.18 Å². The summed E-state index contributed by atoms with van der Waals surface area (Å²) in [6, 6.07) is 17.3. The number of anilines is 1. The minimum atomic E-state index is -0.304. The Bertz CT molecular complexity index is 1190.